The van der Waals surface area contributed by atoms with Crippen molar-refractivity contribution in [1.29, 1.82) is 0 Å². The molecule has 0 aromatic carbocycles. The van der Waals surface area contributed by atoms with E-state index >= 15 is 0 Å². The van der Waals surface area contributed by atoms with Crippen LogP contribution in [0.2, 0.25) is 0 Å². The Bertz CT molecular complexity index is 902. The molecule has 10 nitrogen and oxygen atoms in total. The maximum Gasteiger partial charge on any atom is 0.355 e. The van der Waals surface area contributed by atoms with Crippen molar-refractivity contribution in [2.75, 3.05) is 19.5 Å². The van der Waals surface area contributed by atoms with E-state index in [1.807, 2.05) is 0 Å². The number of rotatable bonds is 6. The molecular weight excluding hydrogens is 414 g/mol. The zero-order valence-electron chi connectivity index (χ0n) is 17.0. The molecule has 2 N–H and O–H groups in total. The van der Waals surface area contributed by atoms with Crippen LogP contribution in [0.5, 0.6) is 0 Å². The summed E-state index contributed by atoms with van der Waals surface area (Å²) in [5.41, 5.74) is -0.446. The van der Waals surface area contributed by atoms with E-state index in [-0.39, 0.29) is 23.8 Å². The highest BCUT2D eigenvalue weighted by Gasteiger charge is 2.55. The first-order valence-corrected chi connectivity index (χ1v) is 10.2. The zero-order valence-corrected chi connectivity index (χ0v) is 17.8. The predicted molar refractivity (Wildman–Crippen MR) is 107 cm³/mol. The van der Waals surface area contributed by atoms with E-state index in [9.17, 15) is 19.5 Å². The Morgan fingerprint density at radius 1 is 1.43 bits per heavy atom. The number of thioether (sulfide) groups is 1. The Morgan fingerprint density at radius 3 is 2.73 bits per heavy atom. The summed E-state index contributed by atoms with van der Waals surface area (Å²) >= 11 is 1.33. The second-order valence-corrected chi connectivity index (χ2v) is 8.68. The molecule has 0 aliphatic carbocycles. The highest BCUT2D eigenvalue weighted by atomic mass is 32.2. The van der Waals surface area contributed by atoms with Gasteiger partial charge in [-0.3, -0.25) is 14.5 Å². The average Bonchev–Trinajstić information content (AvgIpc) is 3.21. The summed E-state index contributed by atoms with van der Waals surface area (Å²) in [6.45, 7) is 4.76. The predicted octanol–water partition coefficient (Wildman–Crippen LogP) is 0.618. The van der Waals surface area contributed by atoms with Gasteiger partial charge in [-0.25, -0.2) is 4.79 Å². The van der Waals surface area contributed by atoms with Crippen molar-refractivity contribution >= 4 is 35.3 Å². The Hall–Kier alpha value is -2.79. The lowest BCUT2D eigenvalue weighted by atomic mass is 10.0. The number of hydrogen-bond donors (Lipinski definition) is 2. The van der Waals surface area contributed by atoms with Gasteiger partial charge in [0.1, 0.15) is 29.8 Å². The third-order valence-electron chi connectivity index (χ3n) is 4.27. The minimum Gasteiger partial charge on any atom is -0.462 e. The molecule has 2 aliphatic rings. The Kier molecular flexibility index (Phi) is 6.22. The van der Waals surface area contributed by atoms with Crippen molar-refractivity contribution in [2.45, 2.75) is 37.8 Å². The van der Waals surface area contributed by atoms with Gasteiger partial charge in [0.2, 0.25) is 5.71 Å². The van der Waals surface area contributed by atoms with Gasteiger partial charge < -0.3 is 24.4 Å². The summed E-state index contributed by atoms with van der Waals surface area (Å²) in [5, 5.41) is 15.4. The van der Waals surface area contributed by atoms with Gasteiger partial charge in [-0.15, -0.1) is 11.8 Å². The van der Waals surface area contributed by atoms with Crippen molar-refractivity contribution in [1.82, 2.24) is 10.2 Å². The van der Waals surface area contributed by atoms with Crippen molar-refractivity contribution in [3.8, 4) is 0 Å². The number of carbonyl (C=O) groups is 3. The van der Waals surface area contributed by atoms with E-state index in [0.29, 0.717) is 11.3 Å². The second-order valence-electron chi connectivity index (χ2n) is 7.57. The quantitative estimate of drug-likeness (QED) is 0.287. The first-order chi connectivity index (χ1) is 14.2. The van der Waals surface area contributed by atoms with E-state index in [0.717, 1.165) is 0 Å². The molecule has 0 saturated carbocycles. The number of nitrogens with one attached hydrogen (secondary N) is 1. The van der Waals surface area contributed by atoms with Crippen LogP contribution in [-0.4, -0.2) is 70.0 Å². The van der Waals surface area contributed by atoms with Crippen LogP contribution in [0.1, 0.15) is 26.5 Å². The fourth-order valence-corrected chi connectivity index (χ4v) is 4.37. The molecule has 1 saturated heterocycles. The van der Waals surface area contributed by atoms with Crippen molar-refractivity contribution in [3.63, 3.8) is 0 Å². The number of furan rings is 1. The van der Waals surface area contributed by atoms with Crippen LogP contribution in [-0.2, 0) is 24.0 Å². The van der Waals surface area contributed by atoms with Gasteiger partial charge in [0.05, 0.1) is 12.9 Å². The van der Waals surface area contributed by atoms with Crippen molar-refractivity contribution < 1.29 is 33.5 Å². The van der Waals surface area contributed by atoms with E-state index in [1.54, 1.807) is 32.9 Å². The summed E-state index contributed by atoms with van der Waals surface area (Å²) in [4.78, 5) is 44.1. The summed E-state index contributed by atoms with van der Waals surface area (Å²) in [6, 6.07) is 2.26. The standard InChI is InChI=1S/C19H23N3O7S/c1-19(2,3)29-18(26)14-10(8-23)9-30-17-13(16(25)22(14)17)20-15(24)12(21-27-4)11-6-5-7-28-11/h5-7,13,17,23H,8-9H2,1-4H3,(H,20,24)/t13-,17-/m1/s1. The second kappa shape index (κ2) is 8.52. The van der Waals surface area contributed by atoms with Crippen molar-refractivity contribution in [3.05, 3.63) is 35.4 Å². The molecule has 1 aromatic heterocycles. The molecule has 1 fully saturated rings. The molecule has 2 aliphatic heterocycles. The number of nitrogens with zero attached hydrogens (tertiary/aromatic N) is 2. The Morgan fingerprint density at radius 2 is 2.17 bits per heavy atom. The minimum absolute atomic E-state index is 0.0310. The third-order valence-corrected chi connectivity index (χ3v) is 5.61. The Balaban J connectivity index is 1.79. The maximum absolute atomic E-state index is 12.8. The number of ether oxygens (including phenoxy) is 1. The van der Waals surface area contributed by atoms with Gasteiger partial charge in [-0.2, -0.15) is 0 Å². The topological polar surface area (TPSA) is 131 Å². The monoisotopic (exact) mass is 437 g/mol. The number of oxime groups is 1. The molecule has 0 bridgehead atoms. The lowest BCUT2D eigenvalue weighted by Gasteiger charge is -2.49. The first-order valence-electron chi connectivity index (χ1n) is 9.14. The SMILES string of the molecule is CON=C(C(=O)N[C@@H]1C(=O)N2C(C(=O)OC(C)(C)C)=C(CO)CS[C@H]12)c1ccco1. The van der Waals surface area contributed by atoms with E-state index in [2.05, 4.69) is 10.5 Å². The van der Waals surface area contributed by atoms with Crippen LogP contribution in [0, 0.1) is 0 Å². The molecule has 3 heterocycles. The van der Waals surface area contributed by atoms with E-state index in [4.69, 9.17) is 14.0 Å². The number of aliphatic hydroxyl groups excluding tert-OH is 1. The normalized spacial score (nSPS) is 21.7. The first kappa shape index (κ1) is 21.9. The molecule has 0 unspecified atom stereocenters. The number of amides is 2. The highest BCUT2D eigenvalue weighted by Crippen LogP contribution is 2.40. The zero-order chi connectivity index (χ0) is 22.1. The van der Waals surface area contributed by atoms with Crippen LogP contribution < -0.4 is 5.32 Å². The van der Waals surface area contributed by atoms with Crippen LogP contribution in [0.4, 0.5) is 0 Å². The van der Waals surface area contributed by atoms with E-state index < -0.39 is 34.8 Å². The average molecular weight is 437 g/mol. The van der Waals surface area contributed by atoms with Gasteiger partial charge in [-0.05, 0) is 38.5 Å². The molecule has 11 heteroatoms. The van der Waals surface area contributed by atoms with Gasteiger partial charge in [0.15, 0.2) is 5.76 Å². The van der Waals surface area contributed by atoms with Gasteiger partial charge in [0.25, 0.3) is 11.8 Å². The number of esters is 1. The fraction of sp³-hybridized carbons (Fsp3) is 0.474. The number of carbonyl (C=O) groups excluding carboxylic acids is 3. The van der Waals surface area contributed by atoms with Crippen LogP contribution >= 0.6 is 11.8 Å². The van der Waals surface area contributed by atoms with Crippen LogP contribution in [0.25, 0.3) is 0 Å². The summed E-state index contributed by atoms with van der Waals surface area (Å²) in [5.74, 6) is -1.31. The van der Waals surface area contributed by atoms with Gasteiger partial charge in [-0.1, -0.05) is 5.16 Å². The summed E-state index contributed by atoms with van der Waals surface area (Å²) < 4.78 is 10.6. The number of β-lactam (4-membered cyclic amide) rings is 1. The Labute approximate surface area is 177 Å². The molecule has 2 atom stereocenters. The lowest BCUT2D eigenvalue weighted by molar-refractivity contribution is -0.158. The van der Waals surface area contributed by atoms with Gasteiger partial charge >= 0.3 is 5.97 Å². The smallest absolute Gasteiger partial charge is 0.355 e. The molecule has 30 heavy (non-hydrogen) atoms. The number of hydrogen-bond acceptors (Lipinski definition) is 9. The molecule has 0 radical (unpaired) electrons. The summed E-state index contributed by atoms with van der Waals surface area (Å²) in [7, 11) is 1.29. The fourth-order valence-electron chi connectivity index (χ4n) is 3.03. The van der Waals surface area contributed by atoms with Crippen molar-refractivity contribution in [2.24, 2.45) is 5.16 Å². The molecule has 3 rings (SSSR count). The molecule has 162 valence electrons. The minimum atomic E-state index is -0.878. The van der Waals surface area contributed by atoms with E-state index in [1.165, 1.54) is 30.0 Å². The molecular formula is C19H23N3O7S. The van der Waals surface area contributed by atoms with Gasteiger partial charge in [0, 0.05) is 5.75 Å². The maximum atomic E-state index is 12.8. The molecule has 1 aromatic rings. The summed E-state index contributed by atoms with van der Waals surface area (Å²) in [6.07, 6.45) is 1.38. The third kappa shape index (κ3) is 4.21. The largest absolute Gasteiger partial charge is 0.462 e. The highest BCUT2D eigenvalue weighted by molar-refractivity contribution is 8.00. The molecule has 0 spiro atoms. The number of fused-ring (bicyclic) bond motifs is 1. The lowest BCUT2D eigenvalue weighted by Crippen LogP contribution is -2.71. The molecule has 2 amide bonds. The number of aliphatic hydroxyl groups is 1. The van der Waals surface area contributed by atoms with Crippen LogP contribution in [0.15, 0.2) is 39.2 Å². The van der Waals surface area contributed by atoms with Crippen LogP contribution in [0.3, 0.4) is 0 Å².